The number of imide groups is 2. The first kappa shape index (κ1) is 36.6. The third-order valence-corrected chi connectivity index (χ3v) is 12.2. The van der Waals surface area contributed by atoms with Crippen molar-refractivity contribution in [3.05, 3.63) is 53.2 Å². The lowest BCUT2D eigenvalue weighted by Crippen LogP contribution is -2.62. The van der Waals surface area contributed by atoms with Gasteiger partial charge in [0.15, 0.2) is 0 Å². The molecule has 15 nitrogen and oxygen atoms in total. The average Bonchev–Trinajstić information content (AvgIpc) is 3.69. The lowest BCUT2D eigenvalue weighted by molar-refractivity contribution is -0.136. The van der Waals surface area contributed by atoms with Crippen LogP contribution in [-0.4, -0.2) is 150 Å². The van der Waals surface area contributed by atoms with Crippen LogP contribution in [0.4, 0.5) is 11.4 Å². The number of rotatable bonds is 10. The Bertz CT molecular complexity index is 1900. The van der Waals surface area contributed by atoms with Gasteiger partial charge in [0.1, 0.15) is 6.04 Å². The molecule has 5 atom stereocenters. The summed E-state index contributed by atoms with van der Waals surface area (Å²) in [6, 6.07) is 11.2. The largest absolute Gasteiger partial charge is 0.399 e. The summed E-state index contributed by atoms with van der Waals surface area (Å²) >= 11 is 0. The highest BCUT2D eigenvalue weighted by Gasteiger charge is 2.45. The van der Waals surface area contributed by atoms with Crippen LogP contribution in [0.1, 0.15) is 71.9 Å². The van der Waals surface area contributed by atoms with Crippen LogP contribution >= 0.6 is 0 Å². The number of nitrogens with one attached hydrogen (secondary N) is 3. The molecule has 15 heteroatoms. The van der Waals surface area contributed by atoms with Crippen molar-refractivity contribution in [1.29, 1.82) is 0 Å². The zero-order valence-electron chi connectivity index (χ0n) is 31.3. The van der Waals surface area contributed by atoms with Gasteiger partial charge >= 0.3 is 0 Å². The van der Waals surface area contributed by atoms with Crippen LogP contribution in [0.15, 0.2) is 36.4 Å². The number of nitrogens with two attached hydrogens (primary N) is 1. The minimum Gasteiger partial charge on any atom is -0.399 e. The number of benzene rings is 2. The monoisotopic (exact) mass is 740 g/mol. The van der Waals surface area contributed by atoms with Crippen molar-refractivity contribution in [2.45, 2.75) is 69.7 Å². The summed E-state index contributed by atoms with van der Waals surface area (Å²) in [5, 5.41) is 15.1. The summed E-state index contributed by atoms with van der Waals surface area (Å²) in [5.74, 6) is -1.53. The quantitative estimate of drug-likeness (QED) is 0.135. The van der Waals surface area contributed by atoms with E-state index in [0.717, 1.165) is 98.9 Å². The van der Waals surface area contributed by atoms with Gasteiger partial charge in [-0.25, -0.2) is 0 Å². The van der Waals surface area contributed by atoms with Crippen LogP contribution in [0.3, 0.4) is 0 Å². The number of aromatic nitrogens is 2. The Kier molecular flexibility index (Phi) is 10.4. The van der Waals surface area contributed by atoms with Crippen molar-refractivity contribution in [1.82, 2.24) is 40.4 Å². The molecular formula is C39H52N10O5. The van der Waals surface area contributed by atoms with Gasteiger partial charge in [-0.3, -0.25) is 49.2 Å². The molecule has 0 radical (unpaired) electrons. The summed E-state index contributed by atoms with van der Waals surface area (Å²) in [6.45, 7) is 14.1. The fraction of sp³-hybridized carbons (Fsp3) is 0.564. The number of hydrogen-bond donors (Lipinski definition) is 4. The molecule has 4 saturated heterocycles. The van der Waals surface area contributed by atoms with Gasteiger partial charge in [-0.2, -0.15) is 5.10 Å². The minimum atomic E-state index is -0.962. The Labute approximate surface area is 315 Å². The molecule has 288 valence electrons. The number of carbonyl (C=O) groups is 4. The predicted octanol–water partition coefficient (Wildman–Crippen LogP) is 1.57. The van der Waals surface area contributed by atoms with E-state index in [2.05, 4.69) is 54.3 Å². The lowest BCUT2D eigenvalue weighted by Gasteiger charge is -2.48. The van der Waals surface area contributed by atoms with E-state index in [1.54, 1.807) is 12.1 Å². The molecule has 1 aromatic heterocycles. The second kappa shape index (κ2) is 15.4. The van der Waals surface area contributed by atoms with Gasteiger partial charge in [-0.1, -0.05) is 0 Å². The molecule has 6 heterocycles. The summed E-state index contributed by atoms with van der Waals surface area (Å²) in [7, 11) is 0. The van der Waals surface area contributed by atoms with Gasteiger partial charge in [-0.15, -0.1) is 0 Å². The molecule has 8 rings (SSSR count). The van der Waals surface area contributed by atoms with Crippen LogP contribution in [0, 0.1) is 0 Å². The number of nitrogens with zero attached hydrogens (tertiary/aromatic N) is 6. The number of hydrogen-bond acceptors (Lipinski definition) is 12. The maximum Gasteiger partial charge on any atom is 0.262 e. The average molecular weight is 741 g/mol. The highest BCUT2D eigenvalue weighted by molar-refractivity contribution is 6.23. The molecule has 5 aliphatic rings. The number of aromatic amines is 1. The first-order chi connectivity index (χ1) is 26.1. The number of piperidine rings is 2. The number of fused-ring (bicyclic) bond motifs is 2. The van der Waals surface area contributed by atoms with Crippen LogP contribution in [0.25, 0.3) is 10.9 Å². The third kappa shape index (κ3) is 7.22. The first-order valence-corrected chi connectivity index (χ1v) is 19.5. The van der Waals surface area contributed by atoms with E-state index in [9.17, 15) is 19.2 Å². The number of nitrogen functional groups attached to an aromatic ring is 1. The number of carbonyl (C=O) groups excluding carboxylic acids is 4. The van der Waals surface area contributed by atoms with E-state index < -0.39 is 23.8 Å². The Balaban J connectivity index is 0.757. The van der Waals surface area contributed by atoms with Gasteiger partial charge in [0.25, 0.3) is 11.8 Å². The number of H-pyrrole nitrogens is 1. The summed E-state index contributed by atoms with van der Waals surface area (Å²) in [6.07, 6.45) is 2.70. The number of amides is 4. The van der Waals surface area contributed by atoms with E-state index >= 15 is 0 Å². The molecule has 0 spiro atoms. The standard InChI is InChI=1S/C39H52N10O5/c1-24-22-47(34-19-26(9-10-41-34)36-31-20-27(40)3-6-32(31)43-44-36)23-25(2)48(24)16-18-54-17-15-45-11-13-46(14-12-45)28-4-5-29-30(21-28)39(53)49(38(29)52)33-7-8-35(50)42-37(33)51/h3-6,20-21,24-26,33-34,41H,7-19,22-23,40H2,1-2H3,(H,43,44)(H,42,50,51)/t24-,25+,26?,33?,34?. The Hall–Kier alpha value is -4.41. The third-order valence-electron chi connectivity index (χ3n) is 12.2. The zero-order valence-corrected chi connectivity index (χ0v) is 31.3. The Morgan fingerprint density at radius 3 is 2.43 bits per heavy atom. The number of piperazine rings is 2. The Morgan fingerprint density at radius 2 is 1.65 bits per heavy atom. The highest BCUT2D eigenvalue weighted by atomic mass is 16.5. The fourth-order valence-corrected chi connectivity index (χ4v) is 9.24. The summed E-state index contributed by atoms with van der Waals surface area (Å²) < 4.78 is 6.17. The molecule has 4 amide bonds. The molecule has 0 aliphatic carbocycles. The normalized spacial score (nSPS) is 27.6. The second-order valence-electron chi connectivity index (χ2n) is 15.6. The minimum absolute atomic E-state index is 0.101. The lowest BCUT2D eigenvalue weighted by atomic mass is 9.89. The van der Waals surface area contributed by atoms with Gasteiger partial charge in [0, 0.05) is 99.2 Å². The molecule has 5 N–H and O–H groups in total. The molecule has 3 aromatic rings. The van der Waals surface area contributed by atoms with Crippen molar-refractivity contribution >= 4 is 45.9 Å². The van der Waals surface area contributed by atoms with E-state index in [1.807, 2.05) is 24.3 Å². The molecule has 3 unspecified atom stereocenters. The molecule has 2 aromatic carbocycles. The van der Waals surface area contributed by atoms with E-state index in [4.69, 9.17) is 10.5 Å². The molecule has 54 heavy (non-hydrogen) atoms. The molecule has 0 bridgehead atoms. The predicted molar refractivity (Wildman–Crippen MR) is 204 cm³/mol. The van der Waals surface area contributed by atoms with Crippen molar-refractivity contribution in [2.24, 2.45) is 0 Å². The smallest absolute Gasteiger partial charge is 0.262 e. The SMILES string of the molecule is C[C@@H]1CN(C2CC(c3[nH]nc4ccc(N)cc34)CCN2)C[C@H](C)N1CCOCCN1CCN(c2ccc3c(c2)C(=O)N(C2CCC(=O)NC2=O)C3=O)CC1. The first-order valence-electron chi connectivity index (χ1n) is 19.5. The van der Waals surface area contributed by atoms with Crippen LogP contribution in [0.2, 0.25) is 0 Å². The molecule has 0 saturated carbocycles. The second-order valence-corrected chi connectivity index (χ2v) is 15.6. The van der Waals surface area contributed by atoms with Crippen molar-refractivity contribution in [3.63, 3.8) is 0 Å². The van der Waals surface area contributed by atoms with Crippen molar-refractivity contribution in [3.8, 4) is 0 Å². The zero-order chi connectivity index (χ0) is 37.5. The van der Waals surface area contributed by atoms with Gasteiger partial charge in [-0.05, 0) is 76.1 Å². The molecule has 5 aliphatic heterocycles. The fourth-order valence-electron chi connectivity index (χ4n) is 9.24. The van der Waals surface area contributed by atoms with Crippen LogP contribution < -0.4 is 21.3 Å². The van der Waals surface area contributed by atoms with E-state index in [1.165, 1.54) is 5.69 Å². The summed E-state index contributed by atoms with van der Waals surface area (Å²) in [4.78, 5) is 61.2. The summed E-state index contributed by atoms with van der Waals surface area (Å²) in [5.41, 5.74) is 10.6. The van der Waals surface area contributed by atoms with Gasteiger partial charge in [0.05, 0.1) is 36.0 Å². The van der Waals surface area contributed by atoms with Crippen molar-refractivity contribution < 1.29 is 23.9 Å². The maximum absolute atomic E-state index is 13.3. The number of ether oxygens (including phenoxy) is 1. The van der Waals surface area contributed by atoms with Crippen LogP contribution in [-0.2, 0) is 14.3 Å². The van der Waals surface area contributed by atoms with E-state index in [-0.39, 0.29) is 18.7 Å². The number of anilines is 2. The molecule has 4 fully saturated rings. The maximum atomic E-state index is 13.3. The highest BCUT2D eigenvalue weighted by Crippen LogP contribution is 2.34. The topological polar surface area (TPSA) is 172 Å². The van der Waals surface area contributed by atoms with Gasteiger partial charge in [0.2, 0.25) is 11.8 Å². The van der Waals surface area contributed by atoms with Gasteiger partial charge < -0.3 is 20.7 Å². The van der Waals surface area contributed by atoms with E-state index in [0.29, 0.717) is 48.5 Å². The molecular weight excluding hydrogens is 688 g/mol. The van der Waals surface area contributed by atoms with Crippen LogP contribution in [0.5, 0.6) is 0 Å². The Morgan fingerprint density at radius 1 is 0.889 bits per heavy atom. The van der Waals surface area contributed by atoms with Crippen molar-refractivity contribution in [2.75, 3.05) is 82.8 Å².